The Labute approximate surface area is 211 Å². The van der Waals surface area contributed by atoms with Gasteiger partial charge in [0.1, 0.15) is 11.2 Å². The minimum Gasteiger partial charge on any atom is -0.456 e. The molecule has 4 heteroatoms. The molecule has 3 nitrogen and oxygen atoms in total. The van der Waals surface area contributed by atoms with Gasteiger partial charge >= 0.3 is 7.48 Å². The molecule has 6 rings (SSSR count). The molecule has 177 valence electrons. The van der Waals surface area contributed by atoms with E-state index in [1.807, 2.05) is 19.9 Å². The average molecular weight is 471 g/mol. The van der Waals surface area contributed by atoms with E-state index in [4.69, 9.17) is 9.07 Å². The zero-order valence-corrected chi connectivity index (χ0v) is 21.0. The van der Waals surface area contributed by atoms with E-state index in [1.54, 1.807) is 21.3 Å². The lowest BCUT2D eigenvalue weighted by molar-refractivity contribution is -0.0893. The zero-order valence-electron chi connectivity index (χ0n) is 21.0. The summed E-state index contributed by atoms with van der Waals surface area (Å²) in [6.07, 6.45) is 0. The molecule has 0 aliphatic carbocycles. The van der Waals surface area contributed by atoms with Gasteiger partial charge in [0.15, 0.2) is 0 Å². The first-order valence-corrected chi connectivity index (χ1v) is 12.3. The molecule has 0 saturated carbocycles. The van der Waals surface area contributed by atoms with Crippen molar-refractivity contribution in [3.63, 3.8) is 0 Å². The molecule has 1 radical (unpaired) electrons. The Balaban J connectivity index is 1.60. The lowest BCUT2D eigenvalue weighted by atomic mass is 9.79. The summed E-state index contributed by atoms with van der Waals surface area (Å²) in [4.78, 5) is 0. The number of benzene rings is 5. The van der Waals surface area contributed by atoms with Gasteiger partial charge in [0.25, 0.3) is 0 Å². The summed E-state index contributed by atoms with van der Waals surface area (Å²) in [5.41, 5.74) is 2.94. The van der Waals surface area contributed by atoms with Crippen LogP contribution in [0.25, 0.3) is 54.6 Å². The highest BCUT2D eigenvalue weighted by Gasteiger charge is 2.36. The molecule has 0 unspecified atom stereocenters. The molecule has 1 aromatic heterocycles. The van der Waals surface area contributed by atoms with E-state index >= 15 is 0 Å². The van der Waals surface area contributed by atoms with Crippen molar-refractivity contribution in [3.05, 3.63) is 91.0 Å². The van der Waals surface area contributed by atoms with Gasteiger partial charge in [-0.3, -0.25) is 0 Å². The standard InChI is InChI=1S/C32H28BO3/c1-31(2,34)32(3,4)36-33-27-17-23(25-15-9-13-20-10-7-8-14-24(20)25)19-29-30(27)26-16-21-11-5-6-12-22(21)18-28(26)35-29/h5-19,34H,1-4H3. The molecule has 0 atom stereocenters. The van der Waals surface area contributed by atoms with E-state index in [9.17, 15) is 5.11 Å². The Morgan fingerprint density at radius 2 is 1.36 bits per heavy atom. The molecule has 1 N–H and O–H groups in total. The molecule has 0 aliphatic rings. The lowest BCUT2D eigenvalue weighted by Crippen LogP contribution is -2.49. The van der Waals surface area contributed by atoms with E-state index in [2.05, 4.69) is 84.9 Å². The summed E-state index contributed by atoms with van der Waals surface area (Å²) in [5.74, 6) is 0. The van der Waals surface area contributed by atoms with Gasteiger partial charge in [-0.1, -0.05) is 72.8 Å². The van der Waals surface area contributed by atoms with Crippen LogP contribution in [-0.2, 0) is 4.65 Å². The van der Waals surface area contributed by atoms with Crippen LogP contribution in [0.2, 0.25) is 0 Å². The van der Waals surface area contributed by atoms with Gasteiger partial charge in [0, 0.05) is 10.8 Å². The second kappa shape index (κ2) is 8.23. The monoisotopic (exact) mass is 471 g/mol. The molecule has 5 aromatic carbocycles. The third-order valence-electron chi connectivity index (χ3n) is 7.52. The van der Waals surface area contributed by atoms with Crippen LogP contribution in [0.15, 0.2) is 95.4 Å². The third kappa shape index (κ3) is 3.78. The summed E-state index contributed by atoms with van der Waals surface area (Å²) >= 11 is 0. The average Bonchev–Trinajstić information content (AvgIpc) is 3.22. The number of rotatable bonds is 5. The maximum absolute atomic E-state index is 10.7. The topological polar surface area (TPSA) is 42.6 Å². The van der Waals surface area contributed by atoms with Crippen LogP contribution in [0.3, 0.4) is 0 Å². The molecule has 36 heavy (non-hydrogen) atoms. The van der Waals surface area contributed by atoms with Gasteiger partial charge < -0.3 is 14.2 Å². The van der Waals surface area contributed by atoms with E-state index in [0.717, 1.165) is 49.3 Å². The van der Waals surface area contributed by atoms with Gasteiger partial charge in [-0.05, 0) is 84.0 Å². The molecule has 0 bridgehead atoms. The lowest BCUT2D eigenvalue weighted by Gasteiger charge is -2.37. The summed E-state index contributed by atoms with van der Waals surface area (Å²) in [5, 5.41) is 17.4. The van der Waals surface area contributed by atoms with Crippen molar-refractivity contribution in [1.29, 1.82) is 0 Å². The molecule has 0 amide bonds. The number of aliphatic hydroxyl groups is 1. The SMILES string of the molecule is CC(C)(O)C(C)(C)O[B]c1cc(-c2cccc3ccccc23)cc2oc3cc4ccccc4cc3c12. The predicted molar refractivity (Wildman–Crippen MR) is 151 cm³/mol. The van der Waals surface area contributed by atoms with Gasteiger partial charge in [-0.15, -0.1) is 0 Å². The van der Waals surface area contributed by atoms with Gasteiger partial charge in [0.2, 0.25) is 0 Å². The molecule has 6 aromatic rings. The Kier molecular flexibility index (Phi) is 5.22. The fourth-order valence-electron chi connectivity index (χ4n) is 4.70. The van der Waals surface area contributed by atoms with Crippen molar-refractivity contribution in [1.82, 2.24) is 0 Å². The fraction of sp³-hybridized carbons (Fsp3) is 0.188. The Morgan fingerprint density at radius 3 is 2.11 bits per heavy atom. The second-order valence-corrected chi connectivity index (χ2v) is 10.6. The van der Waals surface area contributed by atoms with E-state index in [-0.39, 0.29) is 0 Å². The highest BCUT2D eigenvalue weighted by Crippen LogP contribution is 2.36. The normalized spacial score (nSPS) is 12.7. The van der Waals surface area contributed by atoms with Crippen LogP contribution in [0.4, 0.5) is 0 Å². The van der Waals surface area contributed by atoms with Crippen LogP contribution < -0.4 is 5.46 Å². The quantitative estimate of drug-likeness (QED) is 0.267. The zero-order chi connectivity index (χ0) is 25.1. The van der Waals surface area contributed by atoms with Crippen molar-refractivity contribution in [2.75, 3.05) is 0 Å². The molecular weight excluding hydrogens is 443 g/mol. The molecule has 0 saturated heterocycles. The largest absolute Gasteiger partial charge is 0.456 e. The minimum absolute atomic E-state index is 0.791. The maximum Gasteiger partial charge on any atom is 0.331 e. The summed E-state index contributed by atoms with van der Waals surface area (Å²) in [6.45, 7) is 7.33. The van der Waals surface area contributed by atoms with Crippen LogP contribution in [0.1, 0.15) is 27.7 Å². The third-order valence-corrected chi connectivity index (χ3v) is 7.52. The fourth-order valence-corrected chi connectivity index (χ4v) is 4.70. The first kappa shape index (κ1) is 22.8. The summed E-state index contributed by atoms with van der Waals surface area (Å²) < 4.78 is 12.7. The van der Waals surface area contributed by atoms with Crippen molar-refractivity contribution >= 4 is 56.4 Å². The van der Waals surface area contributed by atoms with E-state index in [0.29, 0.717) is 0 Å². The van der Waals surface area contributed by atoms with Crippen LogP contribution in [-0.4, -0.2) is 23.8 Å². The van der Waals surface area contributed by atoms with E-state index < -0.39 is 11.2 Å². The van der Waals surface area contributed by atoms with Crippen LogP contribution in [0, 0.1) is 0 Å². The van der Waals surface area contributed by atoms with Crippen molar-refractivity contribution < 1.29 is 14.2 Å². The smallest absolute Gasteiger partial charge is 0.331 e. The maximum atomic E-state index is 10.7. The highest BCUT2D eigenvalue weighted by molar-refractivity contribution is 6.53. The number of fused-ring (bicyclic) bond motifs is 5. The molecule has 0 fully saturated rings. The highest BCUT2D eigenvalue weighted by atomic mass is 16.5. The van der Waals surface area contributed by atoms with Gasteiger partial charge in [-0.2, -0.15) is 0 Å². The van der Waals surface area contributed by atoms with E-state index in [1.165, 1.54) is 10.8 Å². The van der Waals surface area contributed by atoms with Gasteiger partial charge in [0.05, 0.1) is 11.2 Å². The summed E-state index contributed by atoms with van der Waals surface area (Å²) in [6, 6.07) is 31.7. The number of hydrogen-bond donors (Lipinski definition) is 1. The summed E-state index contributed by atoms with van der Waals surface area (Å²) in [7, 11) is 1.78. The van der Waals surface area contributed by atoms with Crippen molar-refractivity contribution in [3.8, 4) is 11.1 Å². The molecule has 1 heterocycles. The Morgan fingerprint density at radius 1 is 0.694 bits per heavy atom. The second-order valence-electron chi connectivity index (χ2n) is 10.6. The number of hydrogen-bond acceptors (Lipinski definition) is 3. The van der Waals surface area contributed by atoms with Crippen molar-refractivity contribution in [2.45, 2.75) is 38.9 Å². The molecular formula is C32H28BO3. The molecule has 0 spiro atoms. The Hall–Kier alpha value is -3.60. The first-order valence-electron chi connectivity index (χ1n) is 12.3. The predicted octanol–water partition coefficient (Wildman–Crippen LogP) is 7.37. The van der Waals surface area contributed by atoms with Crippen molar-refractivity contribution in [2.24, 2.45) is 0 Å². The van der Waals surface area contributed by atoms with Crippen LogP contribution in [0.5, 0.6) is 0 Å². The van der Waals surface area contributed by atoms with Gasteiger partial charge in [-0.25, -0.2) is 0 Å². The first-order chi connectivity index (χ1) is 17.2. The van der Waals surface area contributed by atoms with Crippen LogP contribution >= 0.6 is 0 Å². The molecule has 0 aliphatic heterocycles. The number of furan rings is 1. The minimum atomic E-state index is -1.02. The Bertz CT molecular complexity index is 1750.